The van der Waals surface area contributed by atoms with Gasteiger partial charge in [0.2, 0.25) is 10.0 Å². The Morgan fingerprint density at radius 2 is 1.90 bits per heavy atom. The van der Waals surface area contributed by atoms with Gasteiger partial charge in [0.1, 0.15) is 5.54 Å². The van der Waals surface area contributed by atoms with Crippen molar-refractivity contribution in [2.45, 2.75) is 52.1 Å². The van der Waals surface area contributed by atoms with E-state index in [4.69, 9.17) is 18.8 Å². The van der Waals surface area contributed by atoms with Crippen molar-refractivity contribution in [2.75, 3.05) is 23.7 Å². The van der Waals surface area contributed by atoms with Crippen molar-refractivity contribution in [3.63, 3.8) is 0 Å². The summed E-state index contributed by atoms with van der Waals surface area (Å²) in [6.45, 7) is 15.3. The second-order valence-electron chi connectivity index (χ2n) is 7.97. The molecule has 1 aromatic rings. The number of piperidine rings is 1. The maximum atomic E-state index is 13.3. The van der Waals surface area contributed by atoms with Crippen LogP contribution in [0.4, 0.5) is 11.4 Å². The number of anilines is 1. The first-order valence-electron chi connectivity index (χ1n) is 9.68. The number of hydrogen-bond donors (Lipinski definition) is 0. The third-order valence-corrected chi connectivity index (χ3v) is 8.09. The second-order valence-corrected chi connectivity index (χ2v) is 10.6. The lowest BCUT2D eigenvalue weighted by atomic mass is 9.97. The minimum Gasteiger partial charge on any atom is -0.331 e. The van der Waals surface area contributed by atoms with Crippen molar-refractivity contribution in [1.29, 1.82) is 0 Å². The van der Waals surface area contributed by atoms with E-state index in [0.29, 0.717) is 42.4 Å². The highest BCUT2D eigenvalue weighted by Gasteiger charge is 2.52. The summed E-state index contributed by atoms with van der Waals surface area (Å²) in [5, 5.41) is 0.437. The van der Waals surface area contributed by atoms with Crippen LogP contribution in [0, 0.1) is 13.5 Å². The van der Waals surface area contributed by atoms with E-state index in [0.717, 1.165) is 5.56 Å². The molecule has 0 atom stereocenters. The van der Waals surface area contributed by atoms with Gasteiger partial charge in [-0.2, -0.15) is 0 Å². The summed E-state index contributed by atoms with van der Waals surface area (Å²) in [6.07, 6.45) is 1.25. The van der Waals surface area contributed by atoms with E-state index in [1.54, 1.807) is 24.0 Å². The lowest BCUT2D eigenvalue weighted by Crippen LogP contribution is -2.54. The van der Waals surface area contributed by atoms with Crippen molar-refractivity contribution in [3.05, 3.63) is 35.2 Å². The molecule has 3 rings (SSSR count). The molecule has 1 aromatic carbocycles. The quantitative estimate of drug-likeness (QED) is 0.538. The van der Waals surface area contributed by atoms with Gasteiger partial charge in [0.25, 0.3) is 5.91 Å². The van der Waals surface area contributed by atoms with Gasteiger partial charge in [0, 0.05) is 24.8 Å². The third kappa shape index (κ3) is 3.65. The molecule has 2 aliphatic heterocycles. The van der Waals surface area contributed by atoms with E-state index in [1.165, 1.54) is 4.31 Å². The standard InChI is InChI=1S/C20H26N4O3S2/c1-6-29(26,27)22-11-9-15(10-12-22)24-19(28)23(18(25)20(24,3)4)16-7-8-17(21-5)14(2)13-16/h7-8,13,15H,6,9-12H2,1-4H3. The molecule has 2 aliphatic rings. The minimum absolute atomic E-state index is 0.00151. The summed E-state index contributed by atoms with van der Waals surface area (Å²) in [5.41, 5.74) is 1.18. The highest BCUT2D eigenvalue weighted by molar-refractivity contribution is 7.89. The summed E-state index contributed by atoms with van der Waals surface area (Å²) in [4.78, 5) is 20.3. The third-order valence-electron chi connectivity index (χ3n) is 5.83. The van der Waals surface area contributed by atoms with Gasteiger partial charge in [-0.15, -0.1) is 0 Å². The first kappa shape index (κ1) is 21.7. The molecule has 0 bridgehead atoms. The topological polar surface area (TPSA) is 65.3 Å². The number of carbonyl (C=O) groups is 1. The Morgan fingerprint density at radius 3 is 2.41 bits per heavy atom. The number of hydrogen-bond acceptors (Lipinski definition) is 4. The predicted octanol–water partition coefficient (Wildman–Crippen LogP) is 3.07. The average molecular weight is 435 g/mol. The Kier molecular flexibility index (Phi) is 5.73. The molecule has 0 aromatic heterocycles. The number of aryl methyl sites for hydroxylation is 1. The summed E-state index contributed by atoms with van der Waals surface area (Å²) >= 11 is 5.72. The molecule has 156 valence electrons. The molecule has 0 radical (unpaired) electrons. The fourth-order valence-corrected chi connectivity index (χ4v) is 5.81. The van der Waals surface area contributed by atoms with E-state index in [1.807, 2.05) is 31.7 Å². The second kappa shape index (κ2) is 7.67. The van der Waals surface area contributed by atoms with E-state index in [2.05, 4.69) is 4.85 Å². The predicted molar refractivity (Wildman–Crippen MR) is 117 cm³/mol. The SMILES string of the molecule is [C-]#[N+]c1ccc(N2C(=O)C(C)(C)N(C3CCN(S(=O)(=O)CC)CC3)C2=S)cc1C. The highest BCUT2D eigenvalue weighted by atomic mass is 32.2. The highest BCUT2D eigenvalue weighted by Crippen LogP contribution is 2.37. The van der Waals surface area contributed by atoms with Gasteiger partial charge in [0.05, 0.1) is 12.3 Å². The molecule has 1 amide bonds. The van der Waals surface area contributed by atoms with E-state index >= 15 is 0 Å². The molecule has 2 fully saturated rings. The summed E-state index contributed by atoms with van der Waals surface area (Å²) < 4.78 is 25.8. The van der Waals surface area contributed by atoms with Crippen molar-refractivity contribution >= 4 is 44.6 Å². The Hall–Kier alpha value is -2.02. The molecule has 29 heavy (non-hydrogen) atoms. The van der Waals surface area contributed by atoms with Crippen molar-refractivity contribution < 1.29 is 13.2 Å². The zero-order valence-corrected chi connectivity index (χ0v) is 18.8. The molecular formula is C20H26N4O3S2. The number of thiocarbonyl (C=S) groups is 1. The van der Waals surface area contributed by atoms with Crippen LogP contribution >= 0.6 is 12.2 Å². The van der Waals surface area contributed by atoms with E-state index in [-0.39, 0.29) is 17.7 Å². The molecule has 0 spiro atoms. The van der Waals surface area contributed by atoms with E-state index < -0.39 is 15.6 Å². The number of amides is 1. The lowest BCUT2D eigenvalue weighted by Gasteiger charge is -2.41. The molecule has 9 heteroatoms. The number of benzene rings is 1. The Bertz CT molecular complexity index is 989. The maximum absolute atomic E-state index is 13.3. The molecular weight excluding hydrogens is 408 g/mol. The molecule has 0 saturated carbocycles. The molecule has 7 nitrogen and oxygen atoms in total. The molecule has 0 unspecified atom stereocenters. The van der Waals surface area contributed by atoms with Crippen LogP contribution in [0.1, 0.15) is 39.2 Å². The van der Waals surface area contributed by atoms with Crippen LogP contribution in [0.5, 0.6) is 0 Å². The molecule has 2 saturated heterocycles. The number of sulfonamides is 1. The monoisotopic (exact) mass is 434 g/mol. The van der Waals surface area contributed by atoms with Crippen LogP contribution in [0.2, 0.25) is 0 Å². The normalized spacial score (nSPS) is 20.9. The average Bonchev–Trinajstić information content (AvgIpc) is 2.86. The van der Waals surface area contributed by atoms with Gasteiger partial charge in [-0.05, 0) is 70.5 Å². The maximum Gasteiger partial charge on any atom is 0.258 e. The van der Waals surface area contributed by atoms with Crippen LogP contribution < -0.4 is 4.90 Å². The zero-order valence-electron chi connectivity index (χ0n) is 17.2. The van der Waals surface area contributed by atoms with Crippen molar-refractivity contribution in [2.24, 2.45) is 0 Å². The lowest BCUT2D eigenvalue weighted by molar-refractivity contribution is -0.124. The van der Waals surface area contributed by atoms with Crippen LogP contribution in [0.15, 0.2) is 18.2 Å². The molecule has 0 aliphatic carbocycles. The fourth-order valence-electron chi connectivity index (χ4n) is 4.12. The Labute approximate surface area is 178 Å². The number of carbonyl (C=O) groups excluding carboxylic acids is 1. The van der Waals surface area contributed by atoms with Gasteiger partial charge in [-0.25, -0.2) is 17.6 Å². The number of rotatable bonds is 4. The van der Waals surface area contributed by atoms with Crippen LogP contribution in [0.25, 0.3) is 4.85 Å². The van der Waals surface area contributed by atoms with Crippen molar-refractivity contribution in [1.82, 2.24) is 9.21 Å². The first-order valence-corrected chi connectivity index (χ1v) is 11.7. The summed E-state index contributed by atoms with van der Waals surface area (Å²) in [5.74, 6) is -0.0154. The van der Waals surface area contributed by atoms with Gasteiger partial charge in [0.15, 0.2) is 10.8 Å². The fraction of sp³-hybridized carbons (Fsp3) is 0.550. The van der Waals surface area contributed by atoms with Crippen LogP contribution in [0.3, 0.4) is 0 Å². The van der Waals surface area contributed by atoms with Crippen LogP contribution in [-0.2, 0) is 14.8 Å². The molecule has 0 N–H and O–H groups in total. The minimum atomic E-state index is -3.21. The largest absolute Gasteiger partial charge is 0.331 e. The van der Waals surface area contributed by atoms with Gasteiger partial charge in [-0.3, -0.25) is 9.69 Å². The summed E-state index contributed by atoms with van der Waals surface area (Å²) in [7, 11) is -3.21. The van der Waals surface area contributed by atoms with Crippen LogP contribution in [-0.4, -0.2) is 59.1 Å². The van der Waals surface area contributed by atoms with Gasteiger partial charge >= 0.3 is 0 Å². The van der Waals surface area contributed by atoms with Crippen molar-refractivity contribution in [3.8, 4) is 0 Å². The zero-order chi connectivity index (χ0) is 21.6. The van der Waals surface area contributed by atoms with E-state index in [9.17, 15) is 13.2 Å². The van der Waals surface area contributed by atoms with Gasteiger partial charge in [-0.1, -0.05) is 6.07 Å². The molecule has 2 heterocycles. The Balaban J connectivity index is 1.86. The first-order chi connectivity index (χ1) is 13.5. The smallest absolute Gasteiger partial charge is 0.258 e. The van der Waals surface area contributed by atoms with Gasteiger partial charge < -0.3 is 4.90 Å². The summed E-state index contributed by atoms with van der Waals surface area (Å²) in [6, 6.07) is 5.27. The number of nitrogens with zero attached hydrogens (tertiary/aromatic N) is 4. The Morgan fingerprint density at radius 1 is 1.28 bits per heavy atom.